The Morgan fingerprint density at radius 1 is 0.950 bits per heavy atom. The van der Waals surface area contributed by atoms with Crippen LogP contribution in [0.1, 0.15) is 94.5 Å². The van der Waals surface area contributed by atoms with Gasteiger partial charge in [0.25, 0.3) is 0 Å². The fourth-order valence-electron chi connectivity index (χ4n) is 13.8. The molecule has 3 N–H and O–H groups in total. The second-order valence-corrected chi connectivity index (χ2v) is 18.5. The summed E-state index contributed by atoms with van der Waals surface area (Å²) in [5.74, 6) is -1.71. The van der Waals surface area contributed by atoms with E-state index in [4.69, 9.17) is 18.9 Å². The largest absolute Gasteiger partial charge is 0.496 e. The van der Waals surface area contributed by atoms with Crippen molar-refractivity contribution < 1.29 is 48.3 Å². The number of aryl methyl sites for hydroxylation is 1. The SMILES string of the molecule is CC[C@@]1(O)CC2CCc3c([nH]c4ccccc34)[C@@](C(=O)OC)(c3cc4c(cc3OC)N(C=O)C3[C@]45CCN4CC=C[C@](CC)(C45)[C@@H](OC(C)=O)[C@]3(O)C(=O)OC)C[C@H](C2)C1. The van der Waals surface area contributed by atoms with Crippen LogP contribution >= 0.6 is 0 Å². The number of amides is 1. The second kappa shape index (κ2) is 14.2. The molecular formula is C47H57N3O10. The van der Waals surface area contributed by atoms with Gasteiger partial charge in [0.05, 0.1) is 38.7 Å². The minimum atomic E-state index is -2.53. The van der Waals surface area contributed by atoms with E-state index in [0.29, 0.717) is 92.7 Å². The van der Waals surface area contributed by atoms with Gasteiger partial charge >= 0.3 is 17.9 Å². The predicted molar refractivity (Wildman–Crippen MR) is 221 cm³/mol. The second-order valence-electron chi connectivity index (χ2n) is 18.5. The highest BCUT2D eigenvalue weighted by atomic mass is 16.6. The number of para-hydroxylation sites is 1. The van der Waals surface area contributed by atoms with E-state index >= 15 is 4.79 Å². The standard InChI is InChI=1S/C47H57N3O10/c1-7-43(55)23-28-14-15-31-30-12-9-10-13-34(30)48-37(31)46(41(53)58-5,25-29(20-28)24-43)33-21-32-35(22-36(33)57-4)50(26-51)39-45(32)17-19-49-18-11-16-44(8-2,38(45)49)40(60-27(3)52)47(39,56)42(54)59-6/h9-13,16,21-22,26,28-29,38-40,48,55-56H,7-8,14-15,17-20,23-25H2,1-6H3/t28?,29-,38?,39?,40-,43-,44-,45-,46+,47+/m1/s1. The first kappa shape index (κ1) is 40.7. The topological polar surface area (TPSA) is 168 Å². The number of rotatable bonds is 8. The number of carbonyl (C=O) groups is 4. The van der Waals surface area contributed by atoms with Gasteiger partial charge in [0.15, 0.2) is 6.10 Å². The lowest BCUT2D eigenvalue weighted by Gasteiger charge is -2.63. The summed E-state index contributed by atoms with van der Waals surface area (Å²) in [4.78, 5) is 63.9. The molecule has 3 fully saturated rings. The molecule has 60 heavy (non-hydrogen) atoms. The maximum absolute atomic E-state index is 15.3. The number of fused-ring (bicyclic) bond motifs is 6. The van der Waals surface area contributed by atoms with Crippen molar-refractivity contribution >= 4 is 40.9 Å². The third-order valence-corrected chi connectivity index (χ3v) is 15.9. The van der Waals surface area contributed by atoms with Crippen molar-refractivity contribution in [1.29, 1.82) is 0 Å². The van der Waals surface area contributed by atoms with E-state index in [2.05, 4.69) is 16.0 Å². The number of nitrogens with zero attached hydrogens (tertiary/aromatic N) is 2. The zero-order valence-corrected chi connectivity index (χ0v) is 35.4. The van der Waals surface area contributed by atoms with E-state index in [1.54, 1.807) is 6.07 Å². The molecule has 2 saturated carbocycles. The molecule has 13 heteroatoms. The number of benzene rings is 2. The van der Waals surface area contributed by atoms with Crippen molar-refractivity contribution in [3.05, 3.63) is 70.9 Å². The van der Waals surface area contributed by atoms with Gasteiger partial charge in [-0.25, -0.2) is 4.79 Å². The van der Waals surface area contributed by atoms with Crippen molar-refractivity contribution in [3.8, 4) is 5.75 Å². The molecule has 6 aliphatic rings. The number of anilines is 1. The Balaban J connectivity index is 1.38. The quantitative estimate of drug-likeness (QED) is 0.121. The molecule has 3 aliphatic heterocycles. The van der Waals surface area contributed by atoms with Crippen LogP contribution in [0.2, 0.25) is 0 Å². The van der Waals surface area contributed by atoms with Crippen molar-refractivity contribution in [2.45, 2.75) is 119 Å². The van der Waals surface area contributed by atoms with Gasteiger partial charge < -0.3 is 39.0 Å². The minimum Gasteiger partial charge on any atom is -0.496 e. The molecule has 3 aromatic rings. The van der Waals surface area contributed by atoms with Gasteiger partial charge in [-0.3, -0.25) is 19.3 Å². The lowest BCUT2D eigenvalue weighted by Crippen LogP contribution is -2.81. The van der Waals surface area contributed by atoms with Gasteiger partial charge in [0, 0.05) is 58.6 Å². The zero-order valence-electron chi connectivity index (χ0n) is 35.4. The Morgan fingerprint density at radius 2 is 1.70 bits per heavy atom. The van der Waals surface area contributed by atoms with Gasteiger partial charge in [-0.2, -0.15) is 0 Å². The van der Waals surface area contributed by atoms with Crippen LogP contribution in [0.4, 0.5) is 5.69 Å². The first-order valence-electron chi connectivity index (χ1n) is 21.5. The number of methoxy groups -OCH3 is 3. The van der Waals surface area contributed by atoms with Crippen LogP contribution < -0.4 is 9.64 Å². The highest BCUT2D eigenvalue weighted by molar-refractivity contribution is 5.96. The van der Waals surface area contributed by atoms with Gasteiger partial charge in [0.2, 0.25) is 12.0 Å². The van der Waals surface area contributed by atoms with Crippen LogP contribution in [0.3, 0.4) is 0 Å². The van der Waals surface area contributed by atoms with Crippen LogP contribution in [0.25, 0.3) is 10.9 Å². The summed E-state index contributed by atoms with van der Waals surface area (Å²) in [6.07, 6.45) is 8.42. The highest BCUT2D eigenvalue weighted by Crippen LogP contribution is 2.68. The molecule has 1 spiro atoms. The van der Waals surface area contributed by atoms with Crippen molar-refractivity contribution in [1.82, 2.24) is 9.88 Å². The fourth-order valence-corrected chi connectivity index (χ4v) is 13.8. The number of carbonyl (C=O) groups excluding carboxylic acids is 4. The summed E-state index contributed by atoms with van der Waals surface area (Å²) >= 11 is 0. The van der Waals surface area contributed by atoms with E-state index in [9.17, 15) is 24.6 Å². The molecule has 3 unspecified atom stereocenters. The van der Waals surface area contributed by atoms with Gasteiger partial charge in [0.1, 0.15) is 11.2 Å². The van der Waals surface area contributed by atoms with E-state index in [-0.39, 0.29) is 11.8 Å². The maximum Gasteiger partial charge on any atom is 0.344 e. The van der Waals surface area contributed by atoms with E-state index in [0.717, 1.165) is 29.3 Å². The summed E-state index contributed by atoms with van der Waals surface area (Å²) in [7, 11) is 4.11. The van der Waals surface area contributed by atoms with E-state index in [1.165, 1.54) is 33.2 Å². The number of aromatic amines is 1. The molecule has 1 amide bonds. The average molecular weight is 824 g/mol. The summed E-state index contributed by atoms with van der Waals surface area (Å²) in [6.45, 7) is 6.35. The molecule has 2 bridgehead atoms. The Hall–Kier alpha value is -4.72. The Morgan fingerprint density at radius 3 is 2.38 bits per heavy atom. The first-order chi connectivity index (χ1) is 28.8. The molecule has 2 aromatic carbocycles. The number of ether oxygens (including phenoxy) is 4. The maximum atomic E-state index is 15.3. The molecule has 10 atom stereocenters. The number of aromatic nitrogens is 1. The molecule has 1 aromatic heterocycles. The predicted octanol–water partition coefficient (Wildman–Crippen LogP) is 5.00. The summed E-state index contributed by atoms with van der Waals surface area (Å²) < 4.78 is 23.7. The van der Waals surface area contributed by atoms with Crippen LogP contribution in [-0.4, -0.2) is 108 Å². The lowest BCUT2D eigenvalue weighted by molar-refractivity contribution is -0.228. The highest BCUT2D eigenvalue weighted by Gasteiger charge is 2.81. The van der Waals surface area contributed by atoms with Gasteiger partial charge in [-0.05, 0) is 99.4 Å². The molecule has 1 saturated heterocycles. The minimum absolute atomic E-state index is 0.0812. The lowest BCUT2D eigenvalue weighted by atomic mass is 9.47. The fraction of sp³-hybridized carbons (Fsp3) is 0.574. The molecular weight excluding hydrogens is 767 g/mol. The normalized spacial score (nSPS) is 36.5. The molecule has 9 rings (SSSR count). The smallest absolute Gasteiger partial charge is 0.344 e. The number of hydrogen-bond acceptors (Lipinski definition) is 11. The number of esters is 3. The van der Waals surface area contributed by atoms with Crippen LogP contribution in [0.15, 0.2) is 48.6 Å². The zero-order chi connectivity index (χ0) is 42.6. The van der Waals surface area contributed by atoms with Gasteiger partial charge in [-0.1, -0.05) is 44.2 Å². The average Bonchev–Trinajstić information content (AvgIpc) is 3.92. The van der Waals surface area contributed by atoms with E-state index < -0.39 is 63.5 Å². The molecule has 13 nitrogen and oxygen atoms in total. The Kier molecular flexibility index (Phi) is 9.61. The third kappa shape index (κ3) is 5.20. The van der Waals surface area contributed by atoms with Crippen molar-refractivity contribution in [3.63, 3.8) is 0 Å². The summed E-state index contributed by atoms with van der Waals surface area (Å²) in [6, 6.07) is 10.1. The van der Waals surface area contributed by atoms with Crippen molar-refractivity contribution in [2.24, 2.45) is 17.3 Å². The number of aliphatic hydroxyl groups is 2. The molecule has 320 valence electrons. The third-order valence-electron chi connectivity index (χ3n) is 15.9. The molecule has 0 radical (unpaired) electrons. The first-order valence-corrected chi connectivity index (χ1v) is 21.5. The van der Waals surface area contributed by atoms with Crippen molar-refractivity contribution in [2.75, 3.05) is 39.3 Å². The monoisotopic (exact) mass is 823 g/mol. The van der Waals surface area contributed by atoms with E-state index in [1.807, 2.05) is 50.3 Å². The van der Waals surface area contributed by atoms with Crippen LogP contribution in [0.5, 0.6) is 5.75 Å². The van der Waals surface area contributed by atoms with Crippen LogP contribution in [0, 0.1) is 17.3 Å². The number of nitrogens with one attached hydrogen (secondary N) is 1. The number of H-pyrrole nitrogens is 1. The molecule has 4 heterocycles. The summed E-state index contributed by atoms with van der Waals surface area (Å²) in [5.41, 5.74) is -2.91. The Labute approximate surface area is 350 Å². The number of hydrogen-bond donors (Lipinski definition) is 3. The Bertz CT molecular complexity index is 2310. The summed E-state index contributed by atoms with van der Waals surface area (Å²) in [5, 5.41) is 26.3. The van der Waals surface area contributed by atoms with Crippen LogP contribution in [-0.2, 0) is 50.6 Å². The van der Waals surface area contributed by atoms with Gasteiger partial charge in [-0.15, -0.1) is 0 Å². The molecule has 3 aliphatic carbocycles.